The van der Waals surface area contributed by atoms with Crippen molar-refractivity contribution in [2.45, 2.75) is 40.2 Å². The van der Waals surface area contributed by atoms with Gasteiger partial charge in [0.2, 0.25) is 11.8 Å². The predicted octanol–water partition coefficient (Wildman–Crippen LogP) is 2.94. The topological polar surface area (TPSA) is 60.9 Å². The minimum atomic E-state index is -0.468. The highest BCUT2D eigenvalue weighted by Gasteiger charge is 2.40. The van der Waals surface area contributed by atoms with Gasteiger partial charge < -0.3 is 14.7 Å². The Morgan fingerprint density at radius 3 is 2.14 bits per heavy atom. The van der Waals surface area contributed by atoms with Gasteiger partial charge in [-0.2, -0.15) is 0 Å². The Balaban J connectivity index is 2.15. The first kappa shape index (κ1) is 21.7. The zero-order valence-corrected chi connectivity index (χ0v) is 17.8. The Labute approximate surface area is 167 Å². The van der Waals surface area contributed by atoms with Crippen LogP contribution in [0.2, 0.25) is 0 Å². The SMILES string of the molecule is C=CC(=O)N(C)c1ccc(C(=O)N2CCN(C(=O)C(C)(C)C)CC2(C)C)cc1. The number of anilines is 1. The predicted molar refractivity (Wildman–Crippen MR) is 111 cm³/mol. The van der Waals surface area contributed by atoms with Crippen LogP contribution < -0.4 is 4.90 Å². The van der Waals surface area contributed by atoms with Gasteiger partial charge in [-0.05, 0) is 44.2 Å². The third-order valence-corrected chi connectivity index (χ3v) is 5.08. The number of benzene rings is 1. The van der Waals surface area contributed by atoms with Gasteiger partial charge in [0.15, 0.2) is 0 Å². The lowest BCUT2D eigenvalue weighted by molar-refractivity contribution is -0.143. The number of carbonyl (C=O) groups excluding carboxylic acids is 3. The number of hydrogen-bond acceptors (Lipinski definition) is 3. The first-order valence-electron chi connectivity index (χ1n) is 9.50. The van der Waals surface area contributed by atoms with Crippen molar-refractivity contribution in [3.05, 3.63) is 42.5 Å². The molecule has 1 aliphatic rings. The molecule has 0 unspecified atom stereocenters. The Bertz CT molecular complexity index is 775. The van der Waals surface area contributed by atoms with Crippen LogP contribution in [0.15, 0.2) is 36.9 Å². The van der Waals surface area contributed by atoms with E-state index in [2.05, 4.69) is 6.58 Å². The summed E-state index contributed by atoms with van der Waals surface area (Å²) in [6.45, 7) is 14.7. The molecule has 0 aliphatic carbocycles. The van der Waals surface area contributed by atoms with Gasteiger partial charge in [-0.15, -0.1) is 0 Å². The molecule has 1 aromatic rings. The van der Waals surface area contributed by atoms with E-state index in [1.807, 2.05) is 44.4 Å². The Hall–Kier alpha value is -2.63. The van der Waals surface area contributed by atoms with Gasteiger partial charge in [0.25, 0.3) is 5.91 Å². The van der Waals surface area contributed by atoms with Crippen molar-refractivity contribution in [2.24, 2.45) is 5.41 Å². The minimum absolute atomic E-state index is 0.0721. The quantitative estimate of drug-likeness (QED) is 0.752. The van der Waals surface area contributed by atoms with Gasteiger partial charge in [-0.1, -0.05) is 27.4 Å². The lowest BCUT2D eigenvalue weighted by atomic mass is 9.91. The molecule has 1 fully saturated rings. The van der Waals surface area contributed by atoms with Crippen LogP contribution in [0.1, 0.15) is 45.0 Å². The lowest BCUT2D eigenvalue weighted by Crippen LogP contribution is -2.63. The number of amides is 3. The number of nitrogens with zero attached hydrogens (tertiary/aromatic N) is 3. The highest BCUT2D eigenvalue weighted by Crippen LogP contribution is 2.27. The van der Waals surface area contributed by atoms with Crippen LogP contribution in [-0.4, -0.2) is 59.7 Å². The molecule has 152 valence electrons. The summed E-state index contributed by atoms with van der Waals surface area (Å²) in [5.41, 5.74) is 0.352. The fourth-order valence-corrected chi connectivity index (χ4v) is 3.43. The second-order valence-corrected chi connectivity index (χ2v) is 8.89. The molecule has 0 spiro atoms. The molecule has 6 heteroatoms. The summed E-state index contributed by atoms with van der Waals surface area (Å²) in [5.74, 6) is -0.177. The molecule has 2 rings (SSSR count). The fourth-order valence-electron chi connectivity index (χ4n) is 3.43. The molecule has 0 radical (unpaired) electrons. The van der Waals surface area contributed by atoms with Gasteiger partial charge >= 0.3 is 0 Å². The normalized spacial score (nSPS) is 16.5. The standard InChI is InChI=1S/C22H31N3O3/c1-8-18(26)23(7)17-11-9-16(10-12-17)19(27)25-14-13-24(15-22(25,5)6)20(28)21(2,3)4/h8-12H,1,13-15H2,2-7H3. The molecule has 1 saturated heterocycles. The highest BCUT2D eigenvalue weighted by atomic mass is 16.2. The second kappa shape index (κ2) is 7.78. The molecule has 1 heterocycles. The van der Waals surface area contributed by atoms with Crippen LogP contribution in [0.4, 0.5) is 5.69 Å². The van der Waals surface area contributed by atoms with Crippen LogP contribution in [0.3, 0.4) is 0 Å². The summed E-state index contributed by atoms with van der Waals surface area (Å²) < 4.78 is 0. The number of hydrogen-bond donors (Lipinski definition) is 0. The molecule has 0 aromatic heterocycles. The van der Waals surface area contributed by atoms with Crippen molar-refractivity contribution in [1.82, 2.24) is 9.80 Å². The van der Waals surface area contributed by atoms with Crippen LogP contribution in [0, 0.1) is 5.41 Å². The van der Waals surface area contributed by atoms with E-state index in [-0.39, 0.29) is 17.7 Å². The molecule has 28 heavy (non-hydrogen) atoms. The zero-order valence-electron chi connectivity index (χ0n) is 17.8. The monoisotopic (exact) mass is 385 g/mol. The van der Waals surface area contributed by atoms with Gasteiger partial charge in [0, 0.05) is 43.3 Å². The number of rotatable bonds is 3. The van der Waals surface area contributed by atoms with Crippen molar-refractivity contribution < 1.29 is 14.4 Å². The molecule has 0 bridgehead atoms. The average Bonchev–Trinajstić information content (AvgIpc) is 2.64. The van der Waals surface area contributed by atoms with Crippen LogP contribution in [0.25, 0.3) is 0 Å². The average molecular weight is 386 g/mol. The van der Waals surface area contributed by atoms with Crippen LogP contribution >= 0.6 is 0 Å². The zero-order chi connectivity index (χ0) is 21.3. The molecule has 0 saturated carbocycles. The minimum Gasteiger partial charge on any atom is -0.338 e. The van der Waals surface area contributed by atoms with Gasteiger partial charge in [0.1, 0.15) is 0 Å². The van der Waals surface area contributed by atoms with E-state index >= 15 is 0 Å². The van der Waals surface area contributed by atoms with E-state index in [0.717, 1.165) is 0 Å². The van der Waals surface area contributed by atoms with Crippen molar-refractivity contribution in [3.63, 3.8) is 0 Å². The van der Waals surface area contributed by atoms with Crippen molar-refractivity contribution >= 4 is 23.4 Å². The fraction of sp³-hybridized carbons (Fsp3) is 0.500. The summed E-state index contributed by atoms with van der Waals surface area (Å²) >= 11 is 0. The largest absolute Gasteiger partial charge is 0.338 e. The first-order chi connectivity index (χ1) is 12.9. The summed E-state index contributed by atoms with van der Waals surface area (Å²) in [6, 6.07) is 6.96. The van der Waals surface area contributed by atoms with Crippen LogP contribution in [0.5, 0.6) is 0 Å². The molecule has 0 atom stereocenters. The number of likely N-dealkylation sites (N-methyl/N-ethyl adjacent to an activating group) is 1. The van der Waals surface area contributed by atoms with Crippen molar-refractivity contribution in [2.75, 3.05) is 31.6 Å². The maximum atomic E-state index is 13.1. The molecule has 6 nitrogen and oxygen atoms in total. The molecular formula is C22H31N3O3. The lowest BCUT2D eigenvalue weighted by Gasteiger charge is -2.48. The summed E-state index contributed by atoms with van der Waals surface area (Å²) in [6.07, 6.45) is 1.25. The van der Waals surface area contributed by atoms with Crippen molar-refractivity contribution in [1.29, 1.82) is 0 Å². The number of piperazine rings is 1. The van der Waals surface area contributed by atoms with Gasteiger partial charge in [-0.25, -0.2) is 0 Å². The maximum Gasteiger partial charge on any atom is 0.254 e. The summed E-state index contributed by atoms with van der Waals surface area (Å²) in [5, 5.41) is 0. The molecule has 0 N–H and O–H groups in total. The second-order valence-electron chi connectivity index (χ2n) is 8.89. The van der Waals surface area contributed by atoms with E-state index in [4.69, 9.17) is 0 Å². The van der Waals surface area contributed by atoms with Gasteiger partial charge in [0.05, 0.1) is 5.54 Å². The van der Waals surface area contributed by atoms with E-state index in [9.17, 15) is 14.4 Å². The molecule has 1 aromatic carbocycles. The molecule has 1 aliphatic heterocycles. The summed E-state index contributed by atoms with van der Waals surface area (Å²) in [7, 11) is 1.66. The highest BCUT2D eigenvalue weighted by molar-refractivity contribution is 6.01. The van der Waals surface area contributed by atoms with Crippen LogP contribution in [-0.2, 0) is 9.59 Å². The third-order valence-electron chi connectivity index (χ3n) is 5.08. The smallest absolute Gasteiger partial charge is 0.254 e. The third kappa shape index (κ3) is 4.43. The Kier molecular flexibility index (Phi) is 6.02. The Morgan fingerprint density at radius 1 is 1.11 bits per heavy atom. The number of carbonyl (C=O) groups is 3. The molecular weight excluding hydrogens is 354 g/mol. The Morgan fingerprint density at radius 2 is 1.68 bits per heavy atom. The van der Waals surface area contributed by atoms with E-state index in [1.165, 1.54) is 11.0 Å². The first-order valence-corrected chi connectivity index (χ1v) is 9.50. The maximum absolute atomic E-state index is 13.1. The molecule has 3 amide bonds. The summed E-state index contributed by atoms with van der Waals surface area (Å²) in [4.78, 5) is 42.6. The van der Waals surface area contributed by atoms with Gasteiger partial charge in [-0.3, -0.25) is 14.4 Å². The van der Waals surface area contributed by atoms with Crippen molar-refractivity contribution in [3.8, 4) is 0 Å². The van der Waals surface area contributed by atoms with E-state index < -0.39 is 11.0 Å². The van der Waals surface area contributed by atoms with E-state index in [0.29, 0.717) is 30.9 Å². The van der Waals surface area contributed by atoms with E-state index in [1.54, 1.807) is 31.3 Å².